The first-order valence-corrected chi connectivity index (χ1v) is 7.45. The highest BCUT2D eigenvalue weighted by molar-refractivity contribution is 5.90. The van der Waals surface area contributed by atoms with Crippen molar-refractivity contribution < 1.29 is 19.4 Å². The molecule has 124 valence electrons. The Morgan fingerprint density at radius 2 is 1.96 bits per heavy atom. The van der Waals surface area contributed by atoms with Crippen LogP contribution in [0.5, 0.6) is 5.75 Å². The van der Waals surface area contributed by atoms with E-state index in [1.807, 2.05) is 24.3 Å². The number of esters is 1. The topological polar surface area (TPSA) is 73.6 Å². The number of methoxy groups -OCH3 is 1. The molecule has 0 radical (unpaired) electrons. The van der Waals surface area contributed by atoms with Crippen molar-refractivity contribution >= 4 is 5.97 Å². The second kappa shape index (κ2) is 6.83. The van der Waals surface area contributed by atoms with E-state index >= 15 is 0 Å². The average molecular weight is 318 g/mol. The lowest BCUT2D eigenvalue weighted by atomic mass is 10.0. The van der Waals surface area contributed by atoms with E-state index in [1.54, 1.807) is 38.8 Å². The molecular weight excluding hydrogens is 296 g/mol. The maximum absolute atomic E-state index is 12.1. The van der Waals surface area contributed by atoms with E-state index in [2.05, 4.69) is 5.10 Å². The fraction of sp³-hybridized carbons (Fsp3) is 0.412. The molecule has 0 aliphatic carbocycles. The fourth-order valence-corrected chi connectivity index (χ4v) is 2.23. The normalized spacial score (nSPS) is 11.3. The van der Waals surface area contributed by atoms with Gasteiger partial charge >= 0.3 is 5.97 Å². The molecule has 2 aromatic rings. The molecule has 0 atom stereocenters. The summed E-state index contributed by atoms with van der Waals surface area (Å²) in [5.74, 6) is 0.296. The van der Waals surface area contributed by atoms with Crippen LogP contribution in [0.3, 0.4) is 0 Å². The maximum Gasteiger partial charge on any atom is 0.341 e. The Labute approximate surface area is 135 Å². The van der Waals surface area contributed by atoms with Crippen LogP contribution >= 0.6 is 0 Å². The summed E-state index contributed by atoms with van der Waals surface area (Å²) in [6.45, 7) is 5.68. The number of hydrogen-bond donors (Lipinski definition) is 1. The van der Waals surface area contributed by atoms with Crippen molar-refractivity contribution in [3.8, 4) is 5.75 Å². The zero-order valence-electron chi connectivity index (χ0n) is 13.9. The third-order valence-electron chi connectivity index (χ3n) is 3.34. The predicted octanol–water partition coefficient (Wildman–Crippen LogP) is 2.34. The summed E-state index contributed by atoms with van der Waals surface area (Å²) >= 11 is 0. The van der Waals surface area contributed by atoms with Crippen molar-refractivity contribution in [3.05, 3.63) is 47.3 Å². The van der Waals surface area contributed by atoms with Crippen LogP contribution in [0.1, 0.15) is 42.4 Å². The first-order valence-electron chi connectivity index (χ1n) is 7.45. The minimum absolute atomic E-state index is 0.272. The van der Waals surface area contributed by atoms with Gasteiger partial charge in [0.1, 0.15) is 22.6 Å². The molecule has 1 heterocycles. The van der Waals surface area contributed by atoms with Crippen LogP contribution < -0.4 is 4.74 Å². The summed E-state index contributed by atoms with van der Waals surface area (Å²) in [6.07, 6.45) is 1.61. The third-order valence-corrected chi connectivity index (χ3v) is 3.34. The number of carbonyl (C=O) groups is 1. The van der Waals surface area contributed by atoms with E-state index in [-0.39, 0.29) is 12.2 Å². The fourth-order valence-electron chi connectivity index (χ4n) is 2.23. The lowest BCUT2D eigenvalue weighted by Gasteiger charge is -2.15. The molecule has 0 saturated heterocycles. The summed E-state index contributed by atoms with van der Waals surface area (Å²) in [5.41, 5.74) is 0.371. The second-order valence-electron chi connectivity index (χ2n) is 5.72. The van der Waals surface area contributed by atoms with Gasteiger partial charge in [0.25, 0.3) is 0 Å². The standard InChI is InChI=1S/C17H22N2O4/c1-5-23-16(20)14-11-19(18-15(14)17(2,3)21)10-12-6-8-13(22-4)9-7-12/h6-9,11,21H,5,10H2,1-4H3. The zero-order valence-corrected chi connectivity index (χ0v) is 13.9. The minimum Gasteiger partial charge on any atom is -0.497 e. The quantitative estimate of drug-likeness (QED) is 0.828. The highest BCUT2D eigenvalue weighted by Gasteiger charge is 2.28. The number of aliphatic hydroxyl groups is 1. The van der Waals surface area contributed by atoms with Crippen LogP contribution in [0.15, 0.2) is 30.5 Å². The number of carbonyl (C=O) groups excluding carboxylic acids is 1. The number of aromatic nitrogens is 2. The summed E-state index contributed by atoms with van der Waals surface area (Å²) < 4.78 is 11.8. The van der Waals surface area contributed by atoms with E-state index in [0.29, 0.717) is 12.2 Å². The van der Waals surface area contributed by atoms with Gasteiger partial charge in [-0.15, -0.1) is 0 Å². The van der Waals surface area contributed by atoms with E-state index in [0.717, 1.165) is 11.3 Å². The summed E-state index contributed by atoms with van der Waals surface area (Å²) in [4.78, 5) is 12.1. The van der Waals surface area contributed by atoms with Crippen molar-refractivity contribution in [2.24, 2.45) is 0 Å². The van der Waals surface area contributed by atoms with Gasteiger partial charge in [-0.05, 0) is 38.5 Å². The van der Waals surface area contributed by atoms with E-state index < -0.39 is 11.6 Å². The number of hydrogen-bond acceptors (Lipinski definition) is 5. The number of benzene rings is 1. The molecular formula is C17H22N2O4. The molecule has 6 heteroatoms. The SMILES string of the molecule is CCOC(=O)c1cn(Cc2ccc(OC)cc2)nc1C(C)(C)O. The highest BCUT2D eigenvalue weighted by Crippen LogP contribution is 2.23. The smallest absolute Gasteiger partial charge is 0.341 e. The van der Waals surface area contributed by atoms with Gasteiger partial charge in [-0.25, -0.2) is 4.79 Å². The number of ether oxygens (including phenoxy) is 2. The summed E-state index contributed by atoms with van der Waals surface area (Å²) in [5, 5.41) is 14.6. The van der Waals surface area contributed by atoms with Gasteiger partial charge in [-0.3, -0.25) is 4.68 Å². The Balaban J connectivity index is 2.30. The lowest BCUT2D eigenvalue weighted by Crippen LogP contribution is -2.21. The van der Waals surface area contributed by atoms with E-state index in [1.165, 1.54) is 0 Å². The Morgan fingerprint density at radius 3 is 2.48 bits per heavy atom. The summed E-state index contributed by atoms with van der Waals surface area (Å²) in [6, 6.07) is 7.58. The van der Waals surface area contributed by atoms with Crippen LogP contribution in [0, 0.1) is 0 Å². The van der Waals surface area contributed by atoms with Gasteiger partial charge in [-0.1, -0.05) is 12.1 Å². The highest BCUT2D eigenvalue weighted by atomic mass is 16.5. The van der Waals surface area contributed by atoms with Crippen molar-refractivity contribution in [1.29, 1.82) is 0 Å². The maximum atomic E-state index is 12.1. The molecule has 0 bridgehead atoms. The molecule has 0 aliphatic heterocycles. The van der Waals surface area contributed by atoms with Gasteiger partial charge in [0, 0.05) is 6.20 Å². The van der Waals surface area contributed by atoms with Crippen LogP contribution in [0.25, 0.3) is 0 Å². The molecule has 1 aromatic carbocycles. The second-order valence-corrected chi connectivity index (χ2v) is 5.72. The molecule has 0 spiro atoms. The van der Waals surface area contributed by atoms with Gasteiger partial charge in [0.15, 0.2) is 0 Å². The Morgan fingerprint density at radius 1 is 1.30 bits per heavy atom. The largest absolute Gasteiger partial charge is 0.497 e. The molecule has 0 amide bonds. The average Bonchev–Trinajstić information content (AvgIpc) is 2.92. The molecule has 23 heavy (non-hydrogen) atoms. The van der Waals surface area contributed by atoms with Crippen molar-refractivity contribution in [2.45, 2.75) is 32.9 Å². The first-order chi connectivity index (χ1) is 10.8. The summed E-state index contributed by atoms with van der Waals surface area (Å²) in [7, 11) is 1.61. The first kappa shape index (κ1) is 17.0. The van der Waals surface area contributed by atoms with Crippen LogP contribution in [0.4, 0.5) is 0 Å². The predicted molar refractivity (Wildman–Crippen MR) is 85.5 cm³/mol. The zero-order chi connectivity index (χ0) is 17.0. The van der Waals surface area contributed by atoms with Crippen LogP contribution in [0.2, 0.25) is 0 Å². The molecule has 2 rings (SSSR count). The lowest BCUT2D eigenvalue weighted by molar-refractivity contribution is 0.0483. The Hall–Kier alpha value is -2.34. The van der Waals surface area contributed by atoms with Crippen molar-refractivity contribution in [2.75, 3.05) is 13.7 Å². The molecule has 0 unspecified atom stereocenters. The van der Waals surface area contributed by atoms with E-state index in [9.17, 15) is 9.90 Å². The van der Waals surface area contributed by atoms with Crippen molar-refractivity contribution in [1.82, 2.24) is 9.78 Å². The minimum atomic E-state index is -1.23. The van der Waals surface area contributed by atoms with Crippen molar-refractivity contribution in [3.63, 3.8) is 0 Å². The van der Waals surface area contributed by atoms with Gasteiger partial charge in [0.2, 0.25) is 0 Å². The molecule has 1 aromatic heterocycles. The molecule has 0 saturated carbocycles. The van der Waals surface area contributed by atoms with Crippen LogP contribution in [-0.4, -0.2) is 34.6 Å². The third kappa shape index (κ3) is 4.10. The Bertz CT molecular complexity index is 669. The van der Waals surface area contributed by atoms with Gasteiger partial charge in [0.05, 0.1) is 20.3 Å². The Kier molecular flexibility index (Phi) is 5.05. The molecule has 6 nitrogen and oxygen atoms in total. The van der Waals surface area contributed by atoms with Gasteiger partial charge < -0.3 is 14.6 Å². The van der Waals surface area contributed by atoms with Crippen LogP contribution in [-0.2, 0) is 16.9 Å². The molecule has 1 N–H and O–H groups in total. The monoisotopic (exact) mass is 318 g/mol. The number of rotatable bonds is 6. The number of nitrogens with zero attached hydrogens (tertiary/aromatic N) is 2. The molecule has 0 aliphatic rings. The molecule has 0 fully saturated rings. The van der Waals surface area contributed by atoms with Gasteiger partial charge in [-0.2, -0.15) is 5.10 Å². The van der Waals surface area contributed by atoms with E-state index in [4.69, 9.17) is 9.47 Å².